The molecule has 3 aromatic carbocycles. The van der Waals surface area contributed by atoms with E-state index in [-0.39, 0.29) is 11.8 Å². The second kappa shape index (κ2) is 11.6. The fourth-order valence-electron chi connectivity index (χ4n) is 4.07. The minimum Gasteiger partial charge on any atom is -0.494 e. The molecule has 35 heavy (non-hydrogen) atoms. The van der Waals surface area contributed by atoms with Gasteiger partial charge in [-0.25, -0.2) is 0 Å². The van der Waals surface area contributed by atoms with Gasteiger partial charge in [0.1, 0.15) is 5.75 Å². The van der Waals surface area contributed by atoms with Crippen molar-refractivity contribution >= 4 is 23.2 Å². The van der Waals surface area contributed by atoms with Gasteiger partial charge in [-0.1, -0.05) is 37.1 Å². The van der Waals surface area contributed by atoms with Crippen LogP contribution in [-0.2, 0) is 0 Å². The maximum Gasteiger partial charge on any atom is 0.255 e. The van der Waals surface area contributed by atoms with Crippen molar-refractivity contribution < 1.29 is 14.3 Å². The molecule has 1 N–H and O–H groups in total. The molecule has 3 aromatic rings. The van der Waals surface area contributed by atoms with Gasteiger partial charge in [0.25, 0.3) is 11.8 Å². The number of piperazine rings is 1. The highest BCUT2D eigenvalue weighted by Crippen LogP contribution is 2.21. The molecule has 1 heterocycles. The van der Waals surface area contributed by atoms with E-state index >= 15 is 0 Å². The summed E-state index contributed by atoms with van der Waals surface area (Å²) in [5, 5.41) is 2.96. The van der Waals surface area contributed by atoms with E-state index in [4.69, 9.17) is 4.74 Å². The second-order valence-electron chi connectivity index (χ2n) is 8.88. The number of rotatable bonds is 8. The highest BCUT2D eigenvalue weighted by molar-refractivity contribution is 6.04. The van der Waals surface area contributed by atoms with Gasteiger partial charge < -0.3 is 19.9 Å². The van der Waals surface area contributed by atoms with E-state index < -0.39 is 0 Å². The van der Waals surface area contributed by atoms with E-state index in [0.29, 0.717) is 31.0 Å². The molecule has 0 aliphatic carbocycles. The summed E-state index contributed by atoms with van der Waals surface area (Å²) in [7, 11) is 0. The molecular weight excluding hydrogens is 438 g/mol. The molecule has 1 saturated heterocycles. The van der Waals surface area contributed by atoms with Crippen LogP contribution in [0.3, 0.4) is 0 Å². The number of benzene rings is 3. The number of amides is 2. The lowest BCUT2D eigenvalue weighted by atomic mass is 10.1. The summed E-state index contributed by atoms with van der Waals surface area (Å²) < 4.78 is 5.71. The second-order valence-corrected chi connectivity index (χ2v) is 8.88. The van der Waals surface area contributed by atoms with Crippen LogP contribution in [0.15, 0.2) is 72.8 Å². The molecule has 0 spiro atoms. The lowest BCUT2D eigenvalue weighted by Gasteiger charge is -2.36. The average Bonchev–Trinajstić information content (AvgIpc) is 2.90. The zero-order valence-electron chi connectivity index (χ0n) is 20.5. The first-order valence-corrected chi connectivity index (χ1v) is 12.3. The molecule has 4 rings (SSSR count). The fourth-order valence-corrected chi connectivity index (χ4v) is 4.07. The number of hydrogen-bond donors (Lipinski definition) is 1. The van der Waals surface area contributed by atoms with Crippen LogP contribution >= 0.6 is 0 Å². The van der Waals surface area contributed by atoms with Gasteiger partial charge >= 0.3 is 0 Å². The van der Waals surface area contributed by atoms with Crippen molar-refractivity contribution in [3.8, 4) is 5.75 Å². The molecule has 6 nitrogen and oxygen atoms in total. The zero-order valence-corrected chi connectivity index (χ0v) is 20.5. The van der Waals surface area contributed by atoms with E-state index in [9.17, 15) is 9.59 Å². The molecule has 0 atom stereocenters. The van der Waals surface area contributed by atoms with Gasteiger partial charge in [0.15, 0.2) is 0 Å². The topological polar surface area (TPSA) is 61.9 Å². The minimum atomic E-state index is -0.165. The van der Waals surface area contributed by atoms with Crippen LogP contribution in [0.25, 0.3) is 0 Å². The van der Waals surface area contributed by atoms with Crippen molar-refractivity contribution in [2.24, 2.45) is 0 Å². The maximum absolute atomic E-state index is 12.8. The predicted molar refractivity (Wildman–Crippen MR) is 141 cm³/mol. The number of carbonyl (C=O) groups excluding carboxylic acids is 2. The van der Waals surface area contributed by atoms with Crippen LogP contribution in [0, 0.1) is 6.92 Å². The van der Waals surface area contributed by atoms with Crippen molar-refractivity contribution in [2.45, 2.75) is 26.7 Å². The van der Waals surface area contributed by atoms with Crippen LogP contribution in [0.5, 0.6) is 5.75 Å². The Morgan fingerprint density at radius 1 is 0.886 bits per heavy atom. The third kappa shape index (κ3) is 6.41. The van der Waals surface area contributed by atoms with E-state index in [0.717, 1.165) is 48.4 Å². The number of unbranched alkanes of at least 4 members (excludes halogenated alkanes) is 1. The minimum absolute atomic E-state index is 0.0857. The molecule has 182 valence electrons. The number of nitrogens with zero attached hydrogens (tertiary/aromatic N) is 2. The molecule has 0 bridgehead atoms. The van der Waals surface area contributed by atoms with Crippen molar-refractivity contribution in [1.82, 2.24) is 4.90 Å². The van der Waals surface area contributed by atoms with E-state index in [2.05, 4.69) is 17.1 Å². The first-order valence-electron chi connectivity index (χ1n) is 12.3. The lowest BCUT2D eigenvalue weighted by Crippen LogP contribution is -2.48. The summed E-state index contributed by atoms with van der Waals surface area (Å²) in [4.78, 5) is 29.6. The van der Waals surface area contributed by atoms with Gasteiger partial charge in [-0.05, 0) is 67.9 Å². The Kier molecular flexibility index (Phi) is 8.03. The Bertz CT molecular complexity index is 1130. The molecule has 0 aromatic heterocycles. The predicted octanol–water partition coefficient (Wildman–Crippen LogP) is 5.39. The quantitative estimate of drug-likeness (QED) is 0.448. The molecule has 1 aliphatic rings. The Balaban J connectivity index is 1.30. The number of carbonyl (C=O) groups is 2. The Labute approximate surface area is 207 Å². The van der Waals surface area contributed by atoms with Crippen molar-refractivity contribution in [3.63, 3.8) is 0 Å². The number of aryl methyl sites for hydroxylation is 1. The molecule has 0 radical (unpaired) electrons. The molecule has 2 amide bonds. The van der Waals surface area contributed by atoms with Crippen LogP contribution in [-0.4, -0.2) is 49.5 Å². The summed E-state index contributed by atoms with van der Waals surface area (Å²) in [6.45, 7) is 7.70. The van der Waals surface area contributed by atoms with Gasteiger partial charge in [-0.2, -0.15) is 0 Å². The zero-order chi connectivity index (χ0) is 24.6. The standard InChI is InChI=1S/C29H33N3O3/c1-3-4-20-35-27-7-5-6-24(21-27)28(33)30-25-12-14-26(15-13-25)31-16-18-32(19-17-31)29(34)23-10-8-22(2)9-11-23/h5-15,21H,3-4,16-20H2,1-2H3,(H,30,33). The lowest BCUT2D eigenvalue weighted by molar-refractivity contribution is 0.0746. The summed E-state index contributed by atoms with van der Waals surface area (Å²) in [6, 6.07) is 22.9. The molecule has 0 unspecified atom stereocenters. The third-order valence-corrected chi connectivity index (χ3v) is 6.22. The van der Waals surface area contributed by atoms with Crippen molar-refractivity contribution in [2.75, 3.05) is 43.0 Å². The van der Waals surface area contributed by atoms with Crippen molar-refractivity contribution in [3.05, 3.63) is 89.5 Å². The number of nitrogens with one attached hydrogen (secondary N) is 1. The number of ether oxygens (including phenoxy) is 1. The summed E-state index contributed by atoms with van der Waals surface area (Å²) in [6.07, 6.45) is 2.05. The Morgan fingerprint density at radius 2 is 1.60 bits per heavy atom. The van der Waals surface area contributed by atoms with Crippen LogP contribution < -0.4 is 15.0 Å². The van der Waals surface area contributed by atoms with Gasteiger partial charge in [-0.3, -0.25) is 9.59 Å². The van der Waals surface area contributed by atoms with E-state index in [1.54, 1.807) is 12.1 Å². The van der Waals surface area contributed by atoms with Gasteiger partial charge in [0, 0.05) is 48.7 Å². The molecule has 1 aliphatic heterocycles. The van der Waals surface area contributed by atoms with E-state index in [1.165, 1.54) is 0 Å². The largest absolute Gasteiger partial charge is 0.494 e. The third-order valence-electron chi connectivity index (χ3n) is 6.22. The summed E-state index contributed by atoms with van der Waals surface area (Å²) in [5.41, 5.74) is 4.27. The SMILES string of the molecule is CCCCOc1cccc(C(=O)Nc2ccc(N3CCN(C(=O)c4ccc(C)cc4)CC3)cc2)c1. The maximum atomic E-state index is 12.8. The van der Waals surface area contributed by atoms with Gasteiger partial charge in [0.05, 0.1) is 6.61 Å². The first kappa shape index (κ1) is 24.3. The molecule has 1 fully saturated rings. The molecule has 0 saturated carbocycles. The van der Waals surface area contributed by atoms with Gasteiger partial charge in [-0.15, -0.1) is 0 Å². The molecular formula is C29H33N3O3. The van der Waals surface area contributed by atoms with Crippen LogP contribution in [0.4, 0.5) is 11.4 Å². The Hall–Kier alpha value is -3.80. The summed E-state index contributed by atoms with van der Waals surface area (Å²) in [5.74, 6) is 0.630. The van der Waals surface area contributed by atoms with Crippen LogP contribution in [0.1, 0.15) is 46.0 Å². The van der Waals surface area contributed by atoms with E-state index in [1.807, 2.05) is 72.5 Å². The molecule has 6 heteroatoms. The normalized spacial score (nSPS) is 13.4. The average molecular weight is 472 g/mol. The first-order chi connectivity index (χ1) is 17.0. The smallest absolute Gasteiger partial charge is 0.255 e. The highest BCUT2D eigenvalue weighted by atomic mass is 16.5. The highest BCUT2D eigenvalue weighted by Gasteiger charge is 2.22. The summed E-state index contributed by atoms with van der Waals surface area (Å²) >= 11 is 0. The Morgan fingerprint density at radius 3 is 2.29 bits per heavy atom. The van der Waals surface area contributed by atoms with Gasteiger partial charge in [0.2, 0.25) is 0 Å². The fraction of sp³-hybridized carbons (Fsp3) is 0.310. The van der Waals surface area contributed by atoms with Crippen LogP contribution in [0.2, 0.25) is 0 Å². The number of anilines is 2. The monoisotopic (exact) mass is 471 g/mol. The number of hydrogen-bond acceptors (Lipinski definition) is 4. The van der Waals surface area contributed by atoms with Crippen molar-refractivity contribution in [1.29, 1.82) is 0 Å².